The smallest absolute Gasteiger partial charge is 0.135 e. The zero-order valence-corrected chi connectivity index (χ0v) is 40.7. The first-order chi connectivity index (χ1) is 36.0. The molecule has 15 rings (SSSR count). The highest BCUT2D eigenvalue weighted by molar-refractivity contribution is 6.06. The third-order valence-electron chi connectivity index (χ3n) is 16.8. The minimum Gasteiger partial charge on any atom is -0.456 e. The van der Waals surface area contributed by atoms with E-state index >= 15 is 0 Å². The molecule has 11 aromatic carbocycles. The van der Waals surface area contributed by atoms with Crippen LogP contribution in [0.25, 0.3) is 55.3 Å². The predicted octanol–water partition coefficient (Wildman–Crippen LogP) is 18.1. The van der Waals surface area contributed by atoms with Crippen LogP contribution >= 0.6 is 0 Å². The summed E-state index contributed by atoms with van der Waals surface area (Å²) in [6.45, 7) is 4.75. The minimum absolute atomic E-state index is 0.170. The average molecular weight is 932 g/mol. The van der Waals surface area contributed by atoms with E-state index in [1.807, 2.05) is 12.1 Å². The van der Waals surface area contributed by atoms with Gasteiger partial charge in [0.2, 0.25) is 0 Å². The molecule has 1 spiro atoms. The topological polar surface area (TPSA) is 16.4 Å². The molecule has 0 saturated carbocycles. The summed E-state index contributed by atoms with van der Waals surface area (Å²) in [6.07, 6.45) is 0. The number of para-hydroxylation sites is 1. The summed E-state index contributed by atoms with van der Waals surface area (Å²) in [5, 5.41) is 2.26. The van der Waals surface area contributed by atoms with Crippen LogP contribution in [0.5, 0.6) is 0 Å². The van der Waals surface area contributed by atoms with E-state index in [0.29, 0.717) is 0 Å². The lowest BCUT2D eigenvalue weighted by Gasteiger charge is -2.50. The molecule has 0 radical (unpaired) electrons. The second kappa shape index (κ2) is 15.5. The number of hydrogen-bond acceptors (Lipinski definition) is 2. The Labute approximate surface area is 426 Å². The van der Waals surface area contributed by atoms with E-state index in [1.165, 1.54) is 77.9 Å². The Hall–Kier alpha value is -8.98. The SMILES string of the molecule is CC1(C)c2ccccc2-c2ccc(N(c3ccc(-c4ccc5oc6ccccc6c5c4)cc3)c3ccc4c(c3)C3(c5ccccc5-4)c4ccccc4C(c4ccccc4)(c4ccccc4)c4ccccc43)cc21. The van der Waals surface area contributed by atoms with Crippen LogP contribution in [0.3, 0.4) is 0 Å². The normalized spacial score (nSPS) is 14.8. The van der Waals surface area contributed by atoms with Gasteiger partial charge in [-0.2, -0.15) is 0 Å². The van der Waals surface area contributed by atoms with E-state index in [-0.39, 0.29) is 5.41 Å². The highest BCUT2D eigenvalue weighted by Crippen LogP contribution is 2.65. The molecule has 1 heterocycles. The van der Waals surface area contributed by atoms with Gasteiger partial charge in [-0.3, -0.25) is 0 Å². The zero-order valence-electron chi connectivity index (χ0n) is 40.7. The molecule has 2 nitrogen and oxygen atoms in total. The van der Waals surface area contributed by atoms with Gasteiger partial charge in [0.05, 0.1) is 10.8 Å². The van der Waals surface area contributed by atoms with E-state index in [4.69, 9.17) is 4.42 Å². The molecular formula is C71H49NO. The van der Waals surface area contributed by atoms with E-state index < -0.39 is 10.8 Å². The fraction of sp³-hybridized carbons (Fsp3) is 0.0704. The highest BCUT2D eigenvalue weighted by Gasteiger charge is 2.56. The summed E-state index contributed by atoms with van der Waals surface area (Å²) in [4.78, 5) is 2.49. The Morgan fingerprint density at radius 3 is 1.36 bits per heavy atom. The van der Waals surface area contributed by atoms with Crippen LogP contribution in [-0.2, 0) is 16.2 Å². The number of nitrogens with zero attached hydrogens (tertiary/aromatic N) is 1. The van der Waals surface area contributed by atoms with Crippen molar-refractivity contribution in [3.05, 3.63) is 316 Å². The summed E-state index contributed by atoms with van der Waals surface area (Å²) < 4.78 is 6.24. The molecule has 3 aliphatic carbocycles. The zero-order chi connectivity index (χ0) is 48.5. The summed E-state index contributed by atoms with van der Waals surface area (Å²) in [5.74, 6) is 0. The molecule has 73 heavy (non-hydrogen) atoms. The summed E-state index contributed by atoms with van der Waals surface area (Å²) in [5.41, 5.74) is 24.3. The number of fused-ring (bicyclic) bond motifs is 15. The maximum Gasteiger partial charge on any atom is 0.135 e. The lowest BCUT2D eigenvalue weighted by Crippen LogP contribution is -2.44. The van der Waals surface area contributed by atoms with Crippen LogP contribution in [0.15, 0.2) is 265 Å². The molecule has 0 bridgehead atoms. The van der Waals surface area contributed by atoms with Crippen molar-refractivity contribution in [1.82, 2.24) is 0 Å². The summed E-state index contributed by atoms with van der Waals surface area (Å²) in [7, 11) is 0. The van der Waals surface area contributed by atoms with Crippen molar-refractivity contribution in [3.63, 3.8) is 0 Å². The van der Waals surface area contributed by atoms with Gasteiger partial charge in [-0.05, 0) is 144 Å². The Morgan fingerprint density at radius 2 is 0.726 bits per heavy atom. The molecule has 0 saturated heterocycles. The number of rotatable bonds is 6. The Kier molecular flexibility index (Phi) is 8.87. The van der Waals surface area contributed by atoms with E-state index in [2.05, 4.69) is 267 Å². The third kappa shape index (κ3) is 5.69. The predicted molar refractivity (Wildman–Crippen MR) is 301 cm³/mol. The summed E-state index contributed by atoms with van der Waals surface area (Å²) >= 11 is 0. The fourth-order valence-corrected chi connectivity index (χ4v) is 13.7. The van der Waals surface area contributed by atoms with Gasteiger partial charge < -0.3 is 9.32 Å². The fourth-order valence-electron chi connectivity index (χ4n) is 13.7. The van der Waals surface area contributed by atoms with Crippen molar-refractivity contribution in [2.24, 2.45) is 0 Å². The number of benzene rings is 11. The Balaban J connectivity index is 0.968. The van der Waals surface area contributed by atoms with E-state index in [0.717, 1.165) is 50.1 Å². The quantitative estimate of drug-likeness (QED) is 0.165. The maximum absolute atomic E-state index is 6.24. The van der Waals surface area contributed by atoms with Gasteiger partial charge in [0.15, 0.2) is 0 Å². The third-order valence-corrected chi connectivity index (χ3v) is 16.8. The molecular weight excluding hydrogens is 883 g/mol. The van der Waals surface area contributed by atoms with Gasteiger partial charge in [-0.15, -0.1) is 0 Å². The van der Waals surface area contributed by atoms with Crippen LogP contribution < -0.4 is 4.90 Å². The van der Waals surface area contributed by atoms with Gasteiger partial charge >= 0.3 is 0 Å². The van der Waals surface area contributed by atoms with Crippen LogP contribution in [0.1, 0.15) is 69.5 Å². The molecule has 0 N–H and O–H groups in total. The van der Waals surface area contributed by atoms with Crippen LogP contribution in [0, 0.1) is 0 Å². The average Bonchev–Trinajstić information content (AvgIpc) is 4.09. The van der Waals surface area contributed by atoms with Crippen LogP contribution in [0.4, 0.5) is 17.1 Å². The Bertz CT molecular complexity index is 4090. The standard InChI is InChI=1S/C71H49NO/c1-69(2)59-26-12-9-23-53(59)55-40-38-51(44-65(55)69)72(50-36-33-46(34-37-50)47-35-42-68-58(43-47)57-25-11-18-32-67(57)73-68)52-39-41-56-54-24-10-13-27-60(54)71(66(56)45-52)63-30-16-14-28-61(63)70(48-19-5-3-6-20-48,49-21-7-4-8-22-49)62-29-15-17-31-64(62)71/h3-45H,1-2H3. The molecule has 0 amide bonds. The van der Waals surface area contributed by atoms with Crippen LogP contribution in [-0.4, -0.2) is 0 Å². The van der Waals surface area contributed by atoms with Gasteiger partial charge in [0.25, 0.3) is 0 Å². The minimum atomic E-state index is -0.630. The molecule has 0 atom stereocenters. The highest BCUT2D eigenvalue weighted by atomic mass is 16.3. The second-order valence-electron chi connectivity index (χ2n) is 20.7. The van der Waals surface area contributed by atoms with Crippen molar-refractivity contribution in [2.75, 3.05) is 4.90 Å². The van der Waals surface area contributed by atoms with E-state index in [1.54, 1.807) is 0 Å². The van der Waals surface area contributed by atoms with Crippen molar-refractivity contribution >= 4 is 39.0 Å². The van der Waals surface area contributed by atoms with Gasteiger partial charge in [-0.1, -0.05) is 220 Å². The second-order valence-corrected chi connectivity index (χ2v) is 20.7. The van der Waals surface area contributed by atoms with Crippen LogP contribution in [0.2, 0.25) is 0 Å². The van der Waals surface area contributed by atoms with Crippen molar-refractivity contribution in [2.45, 2.75) is 30.1 Å². The lowest BCUT2D eigenvalue weighted by atomic mass is 9.51. The number of anilines is 3. The largest absolute Gasteiger partial charge is 0.456 e. The van der Waals surface area contributed by atoms with Gasteiger partial charge in [0, 0.05) is 33.2 Å². The first-order valence-corrected chi connectivity index (χ1v) is 25.6. The molecule has 344 valence electrons. The van der Waals surface area contributed by atoms with Crippen molar-refractivity contribution in [1.29, 1.82) is 0 Å². The molecule has 0 fully saturated rings. The van der Waals surface area contributed by atoms with Gasteiger partial charge in [0.1, 0.15) is 11.2 Å². The molecule has 2 heteroatoms. The maximum atomic E-state index is 6.24. The molecule has 1 aromatic heterocycles. The molecule has 0 unspecified atom stereocenters. The molecule has 3 aliphatic rings. The first-order valence-electron chi connectivity index (χ1n) is 25.6. The monoisotopic (exact) mass is 931 g/mol. The number of furan rings is 1. The first kappa shape index (κ1) is 41.8. The van der Waals surface area contributed by atoms with Crippen molar-refractivity contribution in [3.8, 4) is 33.4 Å². The lowest BCUT2D eigenvalue weighted by molar-refractivity contribution is 0.623. The Morgan fingerprint density at radius 1 is 0.288 bits per heavy atom. The van der Waals surface area contributed by atoms with E-state index in [9.17, 15) is 0 Å². The number of hydrogen-bond donors (Lipinski definition) is 0. The summed E-state index contributed by atoms with van der Waals surface area (Å²) in [6, 6.07) is 97.6. The van der Waals surface area contributed by atoms with Gasteiger partial charge in [-0.25, -0.2) is 0 Å². The van der Waals surface area contributed by atoms with Crippen molar-refractivity contribution < 1.29 is 4.42 Å². The molecule has 0 aliphatic heterocycles. The molecule has 12 aromatic rings.